The summed E-state index contributed by atoms with van der Waals surface area (Å²) in [6, 6.07) is 7.53. The summed E-state index contributed by atoms with van der Waals surface area (Å²) in [5.74, 6) is 0. The molecule has 1 aromatic rings. The standard InChI is InChI=1S/C17H28N2.2ClH/c1-4-5-6-17(19-11-9-18-10-12-19)16-13-14(2)7-8-15(16)3;;/h7-8,13,17-18H,4-6,9-12H2,1-3H3;2*1H/t17-;;/m1../s1. The number of rotatable bonds is 5. The van der Waals surface area contributed by atoms with Crippen molar-refractivity contribution in [3.8, 4) is 0 Å². The molecule has 2 nitrogen and oxygen atoms in total. The molecule has 1 aliphatic rings. The van der Waals surface area contributed by atoms with Crippen LogP contribution in [-0.4, -0.2) is 31.1 Å². The van der Waals surface area contributed by atoms with Gasteiger partial charge in [-0.05, 0) is 31.4 Å². The zero-order chi connectivity index (χ0) is 13.7. The Morgan fingerprint density at radius 1 is 1.14 bits per heavy atom. The lowest BCUT2D eigenvalue weighted by molar-refractivity contribution is 0.162. The Labute approximate surface area is 142 Å². The summed E-state index contributed by atoms with van der Waals surface area (Å²) in [7, 11) is 0. The summed E-state index contributed by atoms with van der Waals surface area (Å²) in [6.45, 7) is 11.4. The van der Waals surface area contributed by atoms with E-state index in [2.05, 4.69) is 49.2 Å². The number of nitrogens with one attached hydrogen (secondary N) is 1. The van der Waals surface area contributed by atoms with E-state index in [0.717, 1.165) is 13.1 Å². The third-order valence-corrected chi connectivity index (χ3v) is 4.22. The molecule has 0 saturated carbocycles. The van der Waals surface area contributed by atoms with Crippen molar-refractivity contribution in [2.24, 2.45) is 0 Å². The Hall–Kier alpha value is -0.280. The van der Waals surface area contributed by atoms with E-state index in [-0.39, 0.29) is 24.8 Å². The van der Waals surface area contributed by atoms with E-state index in [1.807, 2.05) is 0 Å². The molecule has 1 heterocycles. The lowest BCUT2D eigenvalue weighted by atomic mass is 9.93. The Morgan fingerprint density at radius 3 is 2.43 bits per heavy atom. The molecule has 1 fully saturated rings. The van der Waals surface area contributed by atoms with Gasteiger partial charge in [0.25, 0.3) is 0 Å². The molecule has 0 unspecified atom stereocenters. The highest BCUT2D eigenvalue weighted by molar-refractivity contribution is 5.85. The molecule has 0 radical (unpaired) electrons. The van der Waals surface area contributed by atoms with Gasteiger partial charge in [-0.2, -0.15) is 0 Å². The van der Waals surface area contributed by atoms with Gasteiger partial charge >= 0.3 is 0 Å². The Kier molecular flexibility index (Phi) is 10.3. The number of piperazine rings is 1. The molecule has 4 heteroatoms. The lowest BCUT2D eigenvalue weighted by Gasteiger charge is -2.36. The summed E-state index contributed by atoms with van der Waals surface area (Å²) in [5.41, 5.74) is 4.39. The largest absolute Gasteiger partial charge is 0.314 e. The molecule has 1 aliphatic heterocycles. The van der Waals surface area contributed by atoms with E-state index < -0.39 is 0 Å². The van der Waals surface area contributed by atoms with E-state index in [9.17, 15) is 0 Å². The molecule has 1 saturated heterocycles. The first-order chi connectivity index (χ1) is 9.22. The highest BCUT2D eigenvalue weighted by atomic mass is 35.5. The van der Waals surface area contributed by atoms with Crippen molar-refractivity contribution >= 4 is 24.8 Å². The molecule has 122 valence electrons. The Bertz CT molecular complexity index is 404. The van der Waals surface area contributed by atoms with E-state index >= 15 is 0 Å². The van der Waals surface area contributed by atoms with Gasteiger partial charge in [0.15, 0.2) is 0 Å². The van der Waals surface area contributed by atoms with Gasteiger partial charge in [-0.15, -0.1) is 24.8 Å². The average molecular weight is 333 g/mol. The van der Waals surface area contributed by atoms with Crippen molar-refractivity contribution in [3.05, 3.63) is 34.9 Å². The lowest BCUT2D eigenvalue weighted by Crippen LogP contribution is -2.45. The van der Waals surface area contributed by atoms with Gasteiger partial charge in [0.05, 0.1) is 0 Å². The van der Waals surface area contributed by atoms with Crippen LogP contribution in [0.3, 0.4) is 0 Å². The third kappa shape index (κ3) is 5.78. The van der Waals surface area contributed by atoms with Crippen molar-refractivity contribution in [3.63, 3.8) is 0 Å². The van der Waals surface area contributed by atoms with E-state index in [1.54, 1.807) is 5.56 Å². The number of nitrogens with zero attached hydrogens (tertiary/aromatic N) is 1. The minimum Gasteiger partial charge on any atom is -0.314 e. The van der Waals surface area contributed by atoms with Gasteiger partial charge in [-0.3, -0.25) is 4.90 Å². The van der Waals surface area contributed by atoms with Gasteiger partial charge < -0.3 is 5.32 Å². The molecule has 0 aliphatic carbocycles. The summed E-state index contributed by atoms with van der Waals surface area (Å²) in [6.07, 6.45) is 3.90. The van der Waals surface area contributed by atoms with Crippen LogP contribution in [0.2, 0.25) is 0 Å². The van der Waals surface area contributed by atoms with Crippen molar-refractivity contribution in [2.75, 3.05) is 26.2 Å². The monoisotopic (exact) mass is 332 g/mol. The van der Waals surface area contributed by atoms with Crippen molar-refractivity contribution in [1.82, 2.24) is 10.2 Å². The maximum absolute atomic E-state index is 3.46. The maximum Gasteiger partial charge on any atom is 0.0351 e. The van der Waals surface area contributed by atoms with Gasteiger partial charge in [0, 0.05) is 32.2 Å². The Balaban J connectivity index is 0.00000200. The van der Waals surface area contributed by atoms with Crippen LogP contribution in [0.25, 0.3) is 0 Å². The van der Waals surface area contributed by atoms with Crippen LogP contribution < -0.4 is 5.32 Å². The topological polar surface area (TPSA) is 15.3 Å². The minimum atomic E-state index is 0. The first-order valence-electron chi connectivity index (χ1n) is 7.74. The first kappa shape index (κ1) is 20.7. The first-order valence-corrected chi connectivity index (χ1v) is 7.74. The molecule has 1 N–H and O–H groups in total. The minimum absolute atomic E-state index is 0. The predicted octanol–water partition coefficient (Wildman–Crippen LogP) is 4.28. The molecule has 0 aromatic heterocycles. The summed E-state index contributed by atoms with van der Waals surface area (Å²) >= 11 is 0. The molecule has 1 atom stereocenters. The van der Waals surface area contributed by atoms with E-state index in [0.29, 0.717) is 6.04 Å². The third-order valence-electron chi connectivity index (χ3n) is 4.22. The van der Waals surface area contributed by atoms with Crippen LogP contribution in [-0.2, 0) is 0 Å². The molecule has 0 amide bonds. The van der Waals surface area contributed by atoms with Gasteiger partial charge in [0.2, 0.25) is 0 Å². The maximum atomic E-state index is 3.46. The normalized spacial score (nSPS) is 16.7. The zero-order valence-corrected chi connectivity index (χ0v) is 15.2. The highest BCUT2D eigenvalue weighted by Gasteiger charge is 2.22. The van der Waals surface area contributed by atoms with Gasteiger partial charge in [0.1, 0.15) is 0 Å². The smallest absolute Gasteiger partial charge is 0.0351 e. The molecular formula is C17H30Cl2N2. The van der Waals surface area contributed by atoms with Crippen molar-refractivity contribution in [1.29, 1.82) is 0 Å². The van der Waals surface area contributed by atoms with Crippen LogP contribution in [0.15, 0.2) is 18.2 Å². The van der Waals surface area contributed by atoms with Crippen LogP contribution in [0.5, 0.6) is 0 Å². The fraction of sp³-hybridized carbons (Fsp3) is 0.647. The van der Waals surface area contributed by atoms with Crippen LogP contribution in [0, 0.1) is 13.8 Å². The second-order valence-corrected chi connectivity index (χ2v) is 5.80. The molecule has 21 heavy (non-hydrogen) atoms. The second-order valence-electron chi connectivity index (χ2n) is 5.80. The van der Waals surface area contributed by atoms with Crippen LogP contribution in [0.4, 0.5) is 0 Å². The van der Waals surface area contributed by atoms with Gasteiger partial charge in [-0.1, -0.05) is 43.5 Å². The van der Waals surface area contributed by atoms with Crippen molar-refractivity contribution in [2.45, 2.75) is 46.1 Å². The second kappa shape index (κ2) is 10.4. The molecule has 1 aromatic carbocycles. The number of benzene rings is 1. The van der Waals surface area contributed by atoms with Crippen LogP contribution in [0.1, 0.15) is 48.9 Å². The summed E-state index contributed by atoms with van der Waals surface area (Å²) < 4.78 is 0. The SMILES string of the molecule is CCCC[C@H](c1cc(C)ccc1C)N1CCNCC1.Cl.Cl. The Morgan fingerprint density at radius 2 is 1.81 bits per heavy atom. The number of unbranched alkanes of at least 4 members (excludes halogenated alkanes) is 1. The fourth-order valence-corrected chi connectivity index (χ4v) is 3.04. The number of halogens is 2. The van der Waals surface area contributed by atoms with E-state index in [4.69, 9.17) is 0 Å². The number of hydrogen-bond donors (Lipinski definition) is 1. The summed E-state index contributed by atoms with van der Waals surface area (Å²) in [4.78, 5) is 2.67. The number of hydrogen-bond acceptors (Lipinski definition) is 2. The number of aryl methyl sites for hydroxylation is 2. The molecule has 2 rings (SSSR count). The zero-order valence-electron chi connectivity index (χ0n) is 13.5. The summed E-state index contributed by atoms with van der Waals surface area (Å²) in [5, 5.41) is 3.46. The molecule has 0 spiro atoms. The quantitative estimate of drug-likeness (QED) is 0.865. The molecule has 0 bridgehead atoms. The fourth-order valence-electron chi connectivity index (χ4n) is 3.04. The highest BCUT2D eigenvalue weighted by Crippen LogP contribution is 2.29. The predicted molar refractivity (Wildman–Crippen MR) is 97.1 cm³/mol. The van der Waals surface area contributed by atoms with Crippen LogP contribution >= 0.6 is 24.8 Å². The van der Waals surface area contributed by atoms with E-state index in [1.165, 1.54) is 43.5 Å². The average Bonchev–Trinajstić information content (AvgIpc) is 2.44. The van der Waals surface area contributed by atoms with Gasteiger partial charge in [-0.25, -0.2) is 0 Å². The van der Waals surface area contributed by atoms with Crippen molar-refractivity contribution < 1.29 is 0 Å². The molecular weight excluding hydrogens is 303 g/mol.